The molecular weight excluding hydrogens is 452 g/mol. The number of nitrogens with zero attached hydrogens (tertiary/aromatic N) is 2. The molecule has 10 heteroatoms. The summed E-state index contributed by atoms with van der Waals surface area (Å²) in [6, 6.07) is 10.0. The predicted molar refractivity (Wildman–Crippen MR) is 131 cm³/mol. The Morgan fingerprint density at radius 2 is 1.69 bits per heavy atom. The van der Waals surface area contributed by atoms with E-state index in [1.807, 2.05) is 31.2 Å². The van der Waals surface area contributed by atoms with Crippen molar-refractivity contribution in [1.82, 2.24) is 9.78 Å². The van der Waals surface area contributed by atoms with E-state index in [4.69, 9.17) is 18.9 Å². The Kier molecular flexibility index (Phi) is 6.81. The number of carbonyl (C=O) groups is 2. The molecule has 0 saturated carbocycles. The second-order valence-electron chi connectivity index (χ2n) is 7.87. The molecule has 0 aliphatic carbocycles. The second kappa shape index (κ2) is 9.96. The van der Waals surface area contributed by atoms with Gasteiger partial charge in [-0.05, 0) is 24.1 Å². The van der Waals surface area contributed by atoms with Crippen LogP contribution in [0.15, 0.2) is 36.4 Å². The predicted octanol–water partition coefficient (Wildman–Crippen LogP) is 3.67. The minimum absolute atomic E-state index is 0.0949. The van der Waals surface area contributed by atoms with Crippen molar-refractivity contribution in [3.63, 3.8) is 0 Å². The van der Waals surface area contributed by atoms with Crippen LogP contribution in [0.1, 0.15) is 25.1 Å². The van der Waals surface area contributed by atoms with Crippen LogP contribution in [0, 0.1) is 0 Å². The van der Waals surface area contributed by atoms with Crippen LogP contribution in [0.25, 0.3) is 11.1 Å². The quantitative estimate of drug-likeness (QED) is 0.480. The van der Waals surface area contributed by atoms with Crippen LogP contribution in [0.5, 0.6) is 23.0 Å². The highest BCUT2D eigenvalue weighted by Gasteiger charge is 2.36. The van der Waals surface area contributed by atoms with Gasteiger partial charge in [-0.2, -0.15) is 5.10 Å². The topological polar surface area (TPSA) is 113 Å². The molecule has 0 radical (unpaired) electrons. The highest BCUT2D eigenvalue weighted by molar-refractivity contribution is 6.04. The summed E-state index contributed by atoms with van der Waals surface area (Å²) in [7, 11) is 6.11. The van der Waals surface area contributed by atoms with Gasteiger partial charge < -0.3 is 29.6 Å². The van der Waals surface area contributed by atoms with Crippen LogP contribution in [-0.4, -0.2) is 50.0 Å². The van der Waals surface area contributed by atoms with E-state index in [1.54, 1.807) is 23.9 Å². The number of ether oxygens (including phenoxy) is 4. The van der Waals surface area contributed by atoms with Crippen LogP contribution in [0.2, 0.25) is 0 Å². The van der Waals surface area contributed by atoms with Crippen molar-refractivity contribution in [2.75, 3.05) is 39.1 Å². The molecule has 1 unspecified atom stereocenters. The maximum absolute atomic E-state index is 12.9. The number of fused-ring (bicyclic) bond motifs is 1. The standard InChI is InChI=1S/C25H28N4O6/c1-6-17-22(14-7-9-16(32-2)10-8-14)24-27-25(31)18(29(24)28-17)13-21(30)26-15-11-19(33-3)23(35-5)20(12-15)34-4/h7-12,18H,6,13H2,1-5H3,(H,26,30)(H,27,31). The van der Waals surface area contributed by atoms with Crippen molar-refractivity contribution in [1.29, 1.82) is 0 Å². The Balaban J connectivity index is 1.59. The van der Waals surface area contributed by atoms with E-state index < -0.39 is 6.04 Å². The molecule has 10 nitrogen and oxygen atoms in total. The van der Waals surface area contributed by atoms with Crippen molar-refractivity contribution < 1.29 is 28.5 Å². The number of amides is 2. The average molecular weight is 481 g/mol. The third-order valence-corrected chi connectivity index (χ3v) is 5.86. The smallest absolute Gasteiger partial charge is 0.251 e. The summed E-state index contributed by atoms with van der Waals surface area (Å²) in [6.07, 6.45) is 0.573. The molecule has 2 amide bonds. The van der Waals surface area contributed by atoms with Gasteiger partial charge in [-0.1, -0.05) is 19.1 Å². The number of nitrogens with one attached hydrogen (secondary N) is 2. The maximum Gasteiger partial charge on any atom is 0.251 e. The third kappa shape index (κ3) is 4.46. The summed E-state index contributed by atoms with van der Waals surface area (Å²) >= 11 is 0. The zero-order valence-electron chi connectivity index (χ0n) is 20.3. The molecule has 2 aromatic carbocycles. The number of hydrogen-bond donors (Lipinski definition) is 2. The Labute approximate surface area is 203 Å². The lowest BCUT2D eigenvalue weighted by atomic mass is 10.0. The van der Waals surface area contributed by atoms with Crippen LogP contribution in [0.3, 0.4) is 0 Å². The van der Waals surface area contributed by atoms with Gasteiger partial charge in [-0.3, -0.25) is 9.59 Å². The highest BCUT2D eigenvalue weighted by atomic mass is 16.5. The zero-order valence-corrected chi connectivity index (χ0v) is 20.3. The van der Waals surface area contributed by atoms with Crippen LogP contribution in [0.4, 0.5) is 11.5 Å². The minimum atomic E-state index is -0.774. The van der Waals surface area contributed by atoms with E-state index >= 15 is 0 Å². The fourth-order valence-electron chi connectivity index (χ4n) is 4.17. The number of rotatable bonds is 9. The number of aromatic nitrogens is 2. The first kappa shape index (κ1) is 23.9. The molecule has 35 heavy (non-hydrogen) atoms. The molecule has 184 valence electrons. The van der Waals surface area contributed by atoms with Crippen molar-refractivity contribution in [3.8, 4) is 34.1 Å². The first-order valence-corrected chi connectivity index (χ1v) is 11.1. The van der Waals surface area contributed by atoms with E-state index in [-0.39, 0.29) is 18.2 Å². The van der Waals surface area contributed by atoms with E-state index in [0.29, 0.717) is 35.2 Å². The molecule has 0 bridgehead atoms. The second-order valence-corrected chi connectivity index (χ2v) is 7.87. The number of methoxy groups -OCH3 is 4. The summed E-state index contributed by atoms with van der Waals surface area (Å²) in [6.45, 7) is 2.00. The lowest BCUT2D eigenvalue weighted by Gasteiger charge is -2.15. The summed E-state index contributed by atoms with van der Waals surface area (Å²) in [4.78, 5) is 25.7. The summed E-state index contributed by atoms with van der Waals surface area (Å²) in [5.74, 6) is 1.92. The number of benzene rings is 2. The van der Waals surface area contributed by atoms with Crippen molar-refractivity contribution in [2.24, 2.45) is 0 Å². The fourth-order valence-corrected chi connectivity index (χ4v) is 4.17. The molecule has 3 aromatic rings. The molecule has 0 saturated heterocycles. The molecule has 1 aliphatic rings. The summed E-state index contributed by atoms with van der Waals surface area (Å²) in [5, 5.41) is 10.4. The largest absolute Gasteiger partial charge is 0.497 e. The lowest BCUT2D eigenvalue weighted by Crippen LogP contribution is -2.24. The molecule has 2 N–H and O–H groups in total. The summed E-state index contributed by atoms with van der Waals surface area (Å²) < 4.78 is 22.9. The van der Waals surface area contributed by atoms with Gasteiger partial charge in [0.2, 0.25) is 11.7 Å². The molecule has 1 atom stereocenters. The molecule has 2 heterocycles. The lowest BCUT2D eigenvalue weighted by molar-refractivity contribution is -0.123. The zero-order chi connectivity index (χ0) is 25.1. The van der Waals surface area contributed by atoms with Gasteiger partial charge in [-0.15, -0.1) is 0 Å². The van der Waals surface area contributed by atoms with Crippen molar-refractivity contribution in [2.45, 2.75) is 25.8 Å². The van der Waals surface area contributed by atoms with E-state index in [0.717, 1.165) is 22.6 Å². The Hall–Kier alpha value is -4.21. The first-order chi connectivity index (χ1) is 16.9. The van der Waals surface area contributed by atoms with Crippen LogP contribution >= 0.6 is 0 Å². The van der Waals surface area contributed by atoms with Gasteiger partial charge in [0.15, 0.2) is 11.5 Å². The highest BCUT2D eigenvalue weighted by Crippen LogP contribution is 2.41. The van der Waals surface area contributed by atoms with Gasteiger partial charge in [0.25, 0.3) is 5.91 Å². The van der Waals surface area contributed by atoms with Gasteiger partial charge in [0.1, 0.15) is 17.6 Å². The number of carbonyl (C=O) groups excluding carboxylic acids is 2. The van der Waals surface area contributed by atoms with Gasteiger partial charge >= 0.3 is 0 Å². The van der Waals surface area contributed by atoms with E-state index in [1.165, 1.54) is 21.3 Å². The Morgan fingerprint density at radius 3 is 2.23 bits per heavy atom. The van der Waals surface area contributed by atoms with Gasteiger partial charge in [-0.25, -0.2) is 4.68 Å². The number of hydrogen-bond acceptors (Lipinski definition) is 7. The Morgan fingerprint density at radius 1 is 1.03 bits per heavy atom. The SMILES string of the molecule is CCc1nn2c(c1-c1ccc(OC)cc1)NC(=O)C2CC(=O)Nc1cc(OC)c(OC)c(OC)c1. The van der Waals surface area contributed by atoms with Crippen LogP contribution in [-0.2, 0) is 16.0 Å². The summed E-state index contributed by atoms with van der Waals surface area (Å²) in [5.41, 5.74) is 3.04. The number of anilines is 2. The Bertz CT molecular complexity index is 1230. The third-order valence-electron chi connectivity index (χ3n) is 5.86. The molecule has 0 spiro atoms. The molecule has 1 aromatic heterocycles. The van der Waals surface area contributed by atoms with Gasteiger partial charge in [0, 0.05) is 23.4 Å². The molecule has 0 fully saturated rings. The van der Waals surface area contributed by atoms with E-state index in [9.17, 15) is 9.59 Å². The monoisotopic (exact) mass is 480 g/mol. The fraction of sp³-hybridized carbons (Fsp3) is 0.320. The van der Waals surface area contributed by atoms with Gasteiger partial charge in [0.05, 0.1) is 40.6 Å². The average Bonchev–Trinajstić information content (AvgIpc) is 3.38. The molecule has 4 rings (SSSR count). The molecular formula is C25H28N4O6. The van der Waals surface area contributed by atoms with Crippen molar-refractivity contribution >= 4 is 23.3 Å². The maximum atomic E-state index is 12.9. The minimum Gasteiger partial charge on any atom is -0.497 e. The van der Waals surface area contributed by atoms with E-state index in [2.05, 4.69) is 15.7 Å². The van der Waals surface area contributed by atoms with Crippen molar-refractivity contribution in [3.05, 3.63) is 42.1 Å². The normalized spacial score (nSPS) is 14.2. The first-order valence-electron chi connectivity index (χ1n) is 11.1. The number of aryl methyl sites for hydroxylation is 1. The molecule has 1 aliphatic heterocycles. The van der Waals surface area contributed by atoms with Crippen LogP contribution < -0.4 is 29.6 Å².